The summed E-state index contributed by atoms with van der Waals surface area (Å²) in [6, 6.07) is 3.65. The van der Waals surface area contributed by atoms with Crippen molar-refractivity contribution >= 4 is 17.0 Å². The van der Waals surface area contributed by atoms with Gasteiger partial charge in [-0.3, -0.25) is 10.9 Å². The Balaban J connectivity index is 1.79. The van der Waals surface area contributed by atoms with Crippen molar-refractivity contribution in [2.75, 3.05) is 30.1 Å². The minimum Gasteiger partial charge on any atom is -0.367 e. The van der Waals surface area contributed by atoms with Crippen LogP contribution in [0.15, 0.2) is 23.7 Å². The van der Waals surface area contributed by atoms with Crippen LogP contribution in [-0.2, 0) is 10.2 Å². The Bertz CT molecular complexity index is 762. The zero-order chi connectivity index (χ0) is 17.3. The van der Waals surface area contributed by atoms with E-state index in [1.165, 1.54) is 4.68 Å². The third-order valence-electron chi connectivity index (χ3n) is 4.07. The molecule has 24 heavy (non-hydrogen) atoms. The number of aromatic nitrogens is 2. The van der Waals surface area contributed by atoms with Crippen LogP contribution in [-0.4, -0.2) is 29.4 Å². The van der Waals surface area contributed by atoms with E-state index in [2.05, 4.69) is 36.6 Å². The molecule has 1 unspecified atom stereocenters. The molecule has 0 bridgehead atoms. The molecule has 4 N–H and O–H groups in total. The van der Waals surface area contributed by atoms with Gasteiger partial charge in [-0.2, -0.15) is 0 Å². The second-order valence-corrected chi connectivity index (χ2v) is 7.79. The van der Waals surface area contributed by atoms with Crippen LogP contribution in [0.5, 0.6) is 0 Å². The molecule has 0 saturated carbocycles. The highest BCUT2D eigenvalue weighted by atomic mass is 32.1. The summed E-state index contributed by atoms with van der Waals surface area (Å²) in [6.45, 7) is 8.69. The van der Waals surface area contributed by atoms with E-state index < -0.39 is 0 Å². The van der Waals surface area contributed by atoms with Crippen LogP contribution in [0.2, 0.25) is 0 Å². The van der Waals surface area contributed by atoms with E-state index in [1.54, 1.807) is 17.4 Å². The number of ether oxygens (including phenoxy) is 1. The van der Waals surface area contributed by atoms with Crippen LogP contribution < -0.4 is 21.8 Å². The molecule has 0 radical (unpaired) electrons. The second-order valence-electron chi connectivity index (χ2n) is 6.90. The summed E-state index contributed by atoms with van der Waals surface area (Å²) >= 11 is 1.66. The first-order valence-corrected chi connectivity index (χ1v) is 8.83. The Hall–Kier alpha value is -1.90. The Morgan fingerprint density at radius 2 is 2.21 bits per heavy atom. The lowest BCUT2D eigenvalue weighted by Gasteiger charge is -2.33. The van der Waals surface area contributed by atoms with Gasteiger partial charge in [-0.05, 0) is 12.1 Å². The minimum atomic E-state index is -0.0326. The van der Waals surface area contributed by atoms with Crippen molar-refractivity contribution in [3.8, 4) is 0 Å². The fraction of sp³-hybridized carbons (Fsp3) is 0.500. The molecule has 0 aromatic carbocycles. The molecule has 3 heterocycles. The monoisotopic (exact) mass is 348 g/mol. The van der Waals surface area contributed by atoms with E-state index >= 15 is 0 Å². The highest BCUT2D eigenvalue weighted by molar-refractivity contribution is 7.09. The van der Waals surface area contributed by atoms with Crippen molar-refractivity contribution in [2.24, 2.45) is 5.84 Å². The van der Waals surface area contributed by atoms with E-state index in [9.17, 15) is 0 Å². The molecular weight excluding hydrogens is 324 g/mol. The third-order valence-corrected chi connectivity index (χ3v) is 5.01. The first-order chi connectivity index (χ1) is 11.4. The predicted molar refractivity (Wildman–Crippen MR) is 95.6 cm³/mol. The van der Waals surface area contributed by atoms with Crippen molar-refractivity contribution in [3.05, 3.63) is 39.9 Å². The Morgan fingerprint density at radius 1 is 1.42 bits per heavy atom. The van der Waals surface area contributed by atoms with Gasteiger partial charge >= 0.3 is 0 Å². The average molecular weight is 348 g/mol. The first-order valence-electron chi connectivity index (χ1n) is 7.95. The molecule has 0 spiro atoms. The van der Waals surface area contributed by atoms with Crippen molar-refractivity contribution < 1.29 is 4.74 Å². The van der Waals surface area contributed by atoms with E-state index in [4.69, 9.17) is 21.0 Å². The summed E-state index contributed by atoms with van der Waals surface area (Å²) in [4.78, 5) is 7.02. The van der Waals surface area contributed by atoms with Gasteiger partial charge in [0.05, 0.1) is 30.7 Å². The average Bonchev–Trinajstić information content (AvgIpc) is 3.06. The predicted octanol–water partition coefficient (Wildman–Crippen LogP) is 1.72. The van der Waals surface area contributed by atoms with Crippen molar-refractivity contribution in [1.29, 1.82) is 5.41 Å². The number of anilines is 1. The lowest BCUT2D eigenvalue weighted by atomic mass is 9.93. The highest BCUT2D eigenvalue weighted by Crippen LogP contribution is 2.31. The fourth-order valence-electron chi connectivity index (χ4n) is 2.60. The second kappa shape index (κ2) is 6.54. The van der Waals surface area contributed by atoms with Gasteiger partial charge in [0.1, 0.15) is 16.6 Å². The number of nitrogen functional groups attached to an aromatic ring is 1. The number of pyridine rings is 1. The van der Waals surface area contributed by atoms with Crippen LogP contribution >= 0.6 is 11.3 Å². The van der Waals surface area contributed by atoms with Crippen molar-refractivity contribution in [1.82, 2.24) is 9.66 Å². The molecule has 1 aliphatic heterocycles. The summed E-state index contributed by atoms with van der Waals surface area (Å²) in [5.74, 6) is 5.45. The van der Waals surface area contributed by atoms with Gasteiger partial charge in [-0.15, -0.1) is 11.3 Å². The molecule has 1 saturated heterocycles. The molecule has 2 aromatic heterocycles. The number of hydrogen-bond acceptors (Lipinski definition) is 7. The Kier molecular flexibility index (Phi) is 4.62. The van der Waals surface area contributed by atoms with Gasteiger partial charge in [0.2, 0.25) is 0 Å². The zero-order valence-electron chi connectivity index (χ0n) is 14.2. The normalized spacial score (nSPS) is 18.7. The smallest absolute Gasteiger partial charge is 0.144 e. The zero-order valence-corrected chi connectivity index (χ0v) is 15.1. The molecule has 3 rings (SSSR count). The molecule has 0 amide bonds. The summed E-state index contributed by atoms with van der Waals surface area (Å²) in [6.07, 6.45) is 1.79. The Morgan fingerprint density at radius 3 is 2.88 bits per heavy atom. The molecule has 0 aliphatic carbocycles. The number of hydrogen-bond donors (Lipinski definition) is 3. The number of morpholine rings is 1. The summed E-state index contributed by atoms with van der Waals surface area (Å²) in [5, 5.41) is 10.9. The van der Waals surface area contributed by atoms with Gasteiger partial charge in [0.15, 0.2) is 0 Å². The molecule has 1 atom stereocenters. The number of thiazole rings is 1. The minimum absolute atomic E-state index is 0.0326. The standard InChI is InChI=1S/C16H24N6OS/c1-16(2,3)13-10-24-15(19-13)12-9-21(6-7-23-12)11-4-5-14(17)22(8-11)20-18/h4-5,8,10,12,17,20H,6-7,9,18H2,1-3H3. The number of nitrogens with two attached hydrogens (primary N) is 1. The van der Waals surface area contributed by atoms with E-state index in [0.29, 0.717) is 12.1 Å². The van der Waals surface area contributed by atoms with Gasteiger partial charge in [0, 0.05) is 17.3 Å². The van der Waals surface area contributed by atoms with E-state index in [-0.39, 0.29) is 11.5 Å². The lowest BCUT2D eigenvalue weighted by Crippen LogP contribution is -2.40. The van der Waals surface area contributed by atoms with Crippen LogP contribution in [0, 0.1) is 5.41 Å². The van der Waals surface area contributed by atoms with Crippen molar-refractivity contribution in [2.45, 2.75) is 32.3 Å². The van der Waals surface area contributed by atoms with Crippen LogP contribution in [0.3, 0.4) is 0 Å². The lowest BCUT2D eigenvalue weighted by molar-refractivity contribution is 0.0394. The SMILES string of the molecule is CC(C)(C)c1csc(C2CN(c3ccc(=N)n(NN)c3)CCO2)n1. The molecule has 130 valence electrons. The third kappa shape index (κ3) is 3.45. The molecule has 8 heteroatoms. The van der Waals surface area contributed by atoms with Gasteiger partial charge in [0.25, 0.3) is 0 Å². The van der Waals surface area contributed by atoms with Gasteiger partial charge in [-0.25, -0.2) is 15.5 Å². The van der Waals surface area contributed by atoms with Gasteiger partial charge in [-0.1, -0.05) is 20.8 Å². The first kappa shape index (κ1) is 16.9. The number of hydrazine groups is 1. The molecule has 1 aliphatic rings. The van der Waals surface area contributed by atoms with Crippen LogP contribution in [0.25, 0.3) is 0 Å². The molecule has 1 fully saturated rings. The molecule has 2 aromatic rings. The maximum Gasteiger partial charge on any atom is 0.144 e. The van der Waals surface area contributed by atoms with Crippen LogP contribution in [0.4, 0.5) is 5.69 Å². The van der Waals surface area contributed by atoms with Crippen molar-refractivity contribution in [3.63, 3.8) is 0 Å². The molecule has 7 nitrogen and oxygen atoms in total. The quantitative estimate of drug-likeness (QED) is 0.580. The van der Waals surface area contributed by atoms with E-state index in [1.807, 2.05) is 12.3 Å². The molecular formula is C16H24N6OS. The summed E-state index contributed by atoms with van der Waals surface area (Å²) < 4.78 is 7.43. The largest absolute Gasteiger partial charge is 0.367 e. The highest BCUT2D eigenvalue weighted by Gasteiger charge is 2.27. The summed E-state index contributed by atoms with van der Waals surface area (Å²) in [7, 11) is 0. The maximum absolute atomic E-state index is 7.79. The number of nitrogens with zero attached hydrogens (tertiary/aromatic N) is 3. The fourth-order valence-corrected chi connectivity index (χ4v) is 3.68. The number of rotatable bonds is 3. The summed E-state index contributed by atoms with van der Waals surface area (Å²) in [5.41, 5.74) is 4.96. The van der Waals surface area contributed by atoms with Crippen LogP contribution in [0.1, 0.15) is 37.6 Å². The van der Waals surface area contributed by atoms with E-state index in [0.717, 1.165) is 29.5 Å². The number of nitrogens with one attached hydrogen (secondary N) is 2. The Labute approximate surface area is 145 Å². The topological polar surface area (TPSA) is 92.2 Å². The maximum atomic E-state index is 7.79. The van der Waals surface area contributed by atoms with Gasteiger partial charge < -0.3 is 9.64 Å².